The summed E-state index contributed by atoms with van der Waals surface area (Å²) >= 11 is 1.85. The van der Waals surface area contributed by atoms with Crippen LogP contribution < -0.4 is 5.73 Å². The van der Waals surface area contributed by atoms with Gasteiger partial charge in [0.25, 0.3) is 0 Å². The van der Waals surface area contributed by atoms with Crippen LogP contribution in [0.4, 0.5) is 0 Å². The Bertz CT molecular complexity index is 563. The van der Waals surface area contributed by atoms with Crippen molar-refractivity contribution in [2.24, 2.45) is 5.73 Å². The molecule has 0 aliphatic rings. The molecular formula is C17H21NS. The second kappa shape index (κ2) is 6.27. The lowest BCUT2D eigenvalue weighted by molar-refractivity contribution is 0.822. The molecule has 0 aromatic heterocycles. The molecule has 100 valence electrons. The van der Waals surface area contributed by atoms with Crippen LogP contribution in [0.3, 0.4) is 0 Å². The smallest absolute Gasteiger partial charge is 0.0392 e. The first-order valence-electron chi connectivity index (χ1n) is 6.59. The minimum atomic E-state index is 0.0890. The average Bonchev–Trinajstić information content (AvgIpc) is 2.40. The first kappa shape index (κ1) is 14.2. The molecule has 2 aromatic carbocycles. The lowest BCUT2D eigenvalue weighted by Crippen LogP contribution is -2.14. The molecular weight excluding hydrogens is 250 g/mol. The predicted octanol–water partition coefficient (Wildman–Crippen LogP) is 4.40. The maximum atomic E-state index is 6.31. The molecule has 0 aliphatic heterocycles. The van der Waals surface area contributed by atoms with Crippen molar-refractivity contribution in [2.75, 3.05) is 5.75 Å². The standard InChI is InChI=1S/C17H21NS/c1-12-8-9-14(3)17(10-12)19-11-16(18)15-7-5-4-6-13(15)2/h4-10,16H,11,18H2,1-3H3. The van der Waals surface area contributed by atoms with Crippen LogP contribution in [0, 0.1) is 20.8 Å². The van der Waals surface area contributed by atoms with Gasteiger partial charge in [-0.05, 0) is 43.5 Å². The lowest BCUT2D eigenvalue weighted by Gasteiger charge is -2.15. The second-order valence-electron chi connectivity index (χ2n) is 5.04. The van der Waals surface area contributed by atoms with Crippen molar-refractivity contribution >= 4 is 11.8 Å². The Morgan fingerprint density at radius 3 is 2.47 bits per heavy atom. The summed E-state index contributed by atoms with van der Waals surface area (Å²) in [6, 6.07) is 15.0. The van der Waals surface area contributed by atoms with Crippen molar-refractivity contribution in [2.45, 2.75) is 31.7 Å². The Morgan fingerprint density at radius 2 is 1.74 bits per heavy atom. The Balaban J connectivity index is 2.06. The Labute approximate surface area is 120 Å². The van der Waals surface area contributed by atoms with Crippen LogP contribution in [-0.4, -0.2) is 5.75 Å². The van der Waals surface area contributed by atoms with Crippen molar-refractivity contribution in [3.05, 3.63) is 64.7 Å². The van der Waals surface area contributed by atoms with E-state index in [9.17, 15) is 0 Å². The molecule has 0 amide bonds. The second-order valence-corrected chi connectivity index (χ2v) is 6.10. The minimum absolute atomic E-state index is 0.0890. The van der Waals surface area contributed by atoms with E-state index in [4.69, 9.17) is 5.73 Å². The van der Waals surface area contributed by atoms with E-state index >= 15 is 0 Å². The van der Waals surface area contributed by atoms with E-state index < -0.39 is 0 Å². The molecule has 1 atom stereocenters. The minimum Gasteiger partial charge on any atom is -0.323 e. The van der Waals surface area contributed by atoms with Gasteiger partial charge in [0.1, 0.15) is 0 Å². The number of benzene rings is 2. The summed E-state index contributed by atoms with van der Waals surface area (Å²) in [6.45, 7) is 6.41. The number of hydrogen-bond donors (Lipinski definition) is 1. The number of nitrogens with two attached hydrogens (primary N) is 1. The van der Waals surface area contributed by atoms with E-state index in [1.54, 1.807) is 0 Å². The van der Waals surface area contributed by atoms with E-state index in [2.05, 4.69) is 63.2 Å². The van der Waals surface area contributed by atoms with E-state index in [1.807, 2.05) is 11.8 Å². The Morgan fingerprint density at radius 1 is 1.00 bits per heavy atom. The van der Waals surface area contributed by atoms with Crippen LogP contribution in [0.15, 0.2) is 47.4 Å². The van der Waals surface area contributed by atoms with Gasteiger partial charge in [0.2, 0.25) is 0 Å². The third kappa shape index (κ3) is 3.62. The van der Waals surface area contributed by atoms with Crippen LogP contribution in [-0.2, 0) is 0 Å². The lowest BCUT2D eigenvalue weighted by atomic mass is 10.0. The SMILES string of the molecule is Cc1ccc(C)c(SCC(N)c2ccccc2C)c1. The molecule has 2 rings (SSSR count). The van der Waals surface area contributed by atoms with Crippen LogP contribution in [0.5, 0.6) is 0 Å². The largest absolute Gasteiger partial charge is 0.323 e. The molecule has 2 N–H and O–H groups in total. The highest BCUT2D eigenvalue weighted by molar-refractivity contribution is 7.99. The van der Waals surface area contributed by atoms with E-state index in [0.717, 1.165) is 5.75 Å². The van der Waals surface area contributed by atoms with E-state index in [0.29, 0.717) is 0 Å². The zero-order valence-electron chi connectivity index (χ0n) is 11.8. The van der Waals surface area contributed by atoms with Gasteiger partial charge in [-0.25, -0.2) is 0 Å². The summed E-state index contributed by atoms with van der Waals surface area (Å²) < 4.78 is 0. The molecule has 0 saturated heterocycles. The molecule has 2 heteroatoms. The molecule has 2 aromatic rings. The van der Waals surface area contributed by atoms with Crippen LogP contribution in [0.2, 0.25) is 0 Å². The molecule has 0 spiro atoms. The van der Waals surface area contributed by atoms with Gasteiger partial charge in [-0.2, -0.15) is 0 Å². The summed E-state index contributed by atoms with van der Waals surface area (Å²) in [6.07, 6.45) is 0. The van der Waals surface area contributed by atoms with Gasteiger partial charge < -0.3 is 5.73 Å². The zero-order chi connectivity index (χ0) is 13.8. The summed E-state index contributed by atoms with van der Waals surface area (Å²) in [5.74, 6) is 0.912. The van der Waals surface area contributed by atoms with Crippen molar-refractivity contribution in [1.82, 2.24) is 0 Å². The van der Waals surface area contributed by atoms with E-state index in [1.165, 1.54) is 27.1 Å². The van der Waals surface area contributed by atoms with Crippen molar-refractivity contribution in [1.29, 1.82) is 0 Å². The highest BCUT2D eigenvalue weighted by atomic mass is 32.2. The number of hydrogen-bond acceptors (Lipinski definition) is 2. The third-order valence-electron chi connectivity index (χ3n) is 3.35. The van der Waals surface area contributed by atoms with Crippen molar-refractivity contribution < 1.29 is 0 Å². The summed E-state index contributed by atoms with van der Waals surface area (Å²) in [5.41, 5.74) is 11.5. The van der Waals surface area contributed by atoms with E-state index in [-0.39, 0.29) is 6.04 Å². The van der Waals surface area contributed by atoms with Crippen LogP contribution in [0.1, 0.15) is 28.3 Å². The summed E-state index contributed by atoms with van der Waals surface area (Å²) in [4.78, 5) is 1.34. The van der Waals surface area contributed by atoms with Gasteiger partial charge in [0.15, 0.2) is 0 Å². The van der Waals surface area contributed by atoms with Gasteiger partial charge in [-0.15, -0.1) is 11.8 Å². The van der Waals surface area contributed by atoms with Crippen LogP contribution in [0.25, 0.3) is 0 Å². The maximum absolute atomic E-state index is 6.31. The number of rotatable bonds is 4. The maximum Gasteiger partial charge on any atom is 0.0392 e. The number of aryl methyl sites for hydroxylation is 3. The topological polar surface area (TPSA) is 26.0 Å². The average molecular weight is 271 g/mol. The zero-order valence-corrected chi connectivity index (χ0v) is 12.6. The molecule has 0 heterocycles. The molecule has 1 unspecified atom stereocenters. The summed E-state index contributed by atoms with van der Waals surface area (Å²) in [7, 11) is 0. The molecule has 0 fully saturated rings. The Kier molecular flexibility index (Phi) is 4.67. The Hall–Kier alpha value is -1.25. The fourth-order valence-corrected chi connectivity index (χ4v) is 3.24. The van der Waals surface area contributed by atoms with Crippen LogP contribution >= 0.6 is 11.8 Å². The van der Waals surface area contributed by atoms with Gasteiger partial charge in [-0.3, -0.25) is 0 Å². The van der Waals surface area contributed by atoms with Gasteiger partial charge in [0.05, 0.1) is 0 Å². The van der Waals surface area contributed by atoms with Gasteiger partial charge >= 0.3 is 0 Å². The highest BCUT2D eigenvalue weighted by Gasteiger charge is 2.09. The third-order valence-corrected chi connectivity index (χ3v) is 4.63. The molecule has 0 radical (unpaired) electrons. The quantitative estimate of drug-likeness (QED) is 0.834. The normalized spacial score (nSPS) is 12.4. The molecule has 0 aliphatic carbocycles. The van der Waals surface area contributed by atoms with Crippen molar-refractivity contribution in [3.8, 4) is 0 Å². The first-order chi connectivity index (χ1) is 9.08. The van der Waals surface area contributed by atoms with Crippen molar-refractivity contribution in [3.63, 3.8) is 0 Å². The summed E-state index contributed by atoms with van der Waals surface area (Å²) in [5, 5.41) is 0. The fraction of sp³-hybridized carbons (Fsp3) is 0.294. The highest BCUT2D eigenvalue weighted by Crippen LogP contribution is 2.28. The first-order valence-corrected chi connectivity index (χ1v) is 7.57. The monoisotopic (exact) mass is 271 g/mol. The molecule has 0 saturated carbocycles. The van der Waals surface area contributed by atoms with Gasteiger partial charge in [0, 0.05) is 16.7 Å². The van der Waals surface area contributed by atoms with Gasteiger partial charge in [-0.1, -0.05) is 42.0 Å². The molecule has 0 bridgehead atoms. The molecule has 1 nitrogen and oxygen atoms in total. The number of thioether (sulfide) groups is 1. The predicted molar refractivity (Wildman–Crippen MR) is 84.7 cm³/mol. The molecule has 19 heavy (non-hydrogen) atoms. The fourth-order valence-electron chi connectivity index (χ4n) is 2.13.